The van der Waals surface area contributed by atoms with Crippen molar-refractivity contribution in [1.29, 1.82) is 0 Å². The Bertz CT molecular complexity index is 459. The molecule has 1 fully saturated rings. The fourth-order valence-corrected chi connectivity index (χ4v) is 2.76. The zero-order valence-corrected chi connectivity index (χ0v) is 14.4. The van der Waals surface area contributed by atoms with Crippen LogP contribution < -0.4 is 21.3 Å². The topological polar surface area (TPSA) is 116 Å². The lowest BCUT2D eigenvalue weighted by molar-refractivity contribution is -0.130. The molecule has 0 spiro atoms. The van der Waals surface area contributed by atoms with E-state index in [0.29, 0.717) is 5.92 Å². The average molecular weight is 340 g/mol. The van der Waals surface area contributed by atoms with Crippen LogP contribution >= 0.6 is 0 Å². The minimum absolute atomic E-state index is 0.0372. The lowest BCUT2D eigenvalue weighted by Gasteiger charge is -2.27. The van der Waals surface area contributed by atoms with Crippen LogP contribution in [-0.4, -0.2) is 56.7 Å². The summed E-state index contributed by atoms with van der Waals surface area (Å²) in [5, 5.41) is 10.6. The average Bonchev–Trinajstić information content (AvgIpc) is 2.56. The van der Waals surface area contributed by atoms with Crippen LogP contribution in [0.3, 0.4) is 0 Å². The first-order valence-electron chi connectivity index (χ1n) is 8.37. The van der Waals surface area contributed by atoms with Gasteiger partial charge in [0, 0.05) is 5.92 Å². The van der Waals surface area contributed by atoms with Gasteiger partial charge < -0.3 is 21.3 Å². The van der Waals surface area contributed by atoms with E-state index in [4.69, 9.17) is 0 Å². The van der Waals surface area contributed by atoms with Gasteiger partial charge in [0.1, 0.15) is 5.78 Å². The van der Waals surface area contributed by atoms with Crippen molar-refractivity contribution in [3.05, 3.63) is 0 Å². The number of hydrogen-bond donors (Lipinski definition) is 4. The largest absolute Gasteiger partial charge is 0.348 e. The predicted molar refractivity (Wildman–Crippen MR) is 89.1 cm³/mol. The lowest BCUT2D eigenvalue weighted by atomic mass is 9.81. The first-order valence-corrected chi connectivity index (χ1v) is 8.37. The summed E-state index contributed by atoms with van der Waals surface area (Å²) >= 11 is 0. The summed E-state index contributed by atoms with van der Waals surface area (Å²) in [6.07, 6.45) is 3.71. The molecule has 0 atom stereocenters. The molecule has 24 heavy (non-hydrogen) atoms. The molecule has 1 aliphatic carbocycles. The Labute approximate surface area is 142 Å². The van der Waals surface area contributed by atoms with E-state index in [2.05, 4.69) is 21.3 Å². The third-order valence-corrected chi connectivity index (χ3v) is 4.11. The number of Topliss-reactive ketones (excluding diaryl/α,β-unsaturated/α-hetero) is 1. The van der Waals surface area contributed by atoms with Crippen LogP contribution in [0.5, 0.6) is 0 Å². The van der Waals surface area contributed by atoms with Gasteiger partial charge >= 0.3 is 0 Å². The van der Waals surface area contributed by atoms with Crippen LogP contribution in [0, 0.1) is 11.8 Å². The molecule has 136 valence electrons. The van der Waals surface area contributed by atoms with E-state index in [1.54, 1.807) is 0 Å². The lowest BCUT2D eigenvalue weighted by Crippen LogP contribution is -2.44. The van der Waals surface area contributed by atoms with Gasteiger partial charge in [0.2, 0.25) is 17.7 Å². The van der Waals surface area contributed by atoms with Crippen molar-refractivity contribution in [3.8, 4) is 0 Å². The number of rotatable bonds is 9. The second-order valence-electron chi connectivity index (χ2n) is 6.25. The van der Waals surface area contributed by atoms with Crippen LogP contribution in [0.2, 0.25) is 0 Å². The first kappa shape index (κ1) is 20.1. The molecular weight excluding hydrogens is 312 g/mol. The fourth-order valence-electron chi connectivity index (χ4n) is 2.76. The molecule has 8 nitrogen and oxygen atoms in total. The standard InChI is InChI=1S/C16H28N4O4/c1-11(21)7-18-14(22)9-19-15(23)10-20-16(24)13-5-3-12(4-6-13)8-17-2/h12-13,17H,3-10H2,1-2H3,(H,18,22)(H,19,23)(H,20,24)/t12-,13-. The summed E-state index contributed by atoms with van der Waals surface area (Å²) in [6.45, 7) is 1.93. The summed E-state index contributed by atoms with van der Waals surface area (Å²) in [7, 11) is 1.93. The Kier molecular flexibility index (Phi) is 8.99. The quantitative estimate of drug-likeness (QED) is 0.427. The zero-order chi connectivity index (χ0) is 17.9. The van der Waals surface area contributed by atoms with E-state index in [9.17, 15) is 19.2 Å². The van der Waals surface area contributed by atoms with Crippen LogP contribution in [0.1, 0.15) is 32.6 Å². The van der Waals surface area contributed by atoms with Crippen molar-refractivity contribution < 1.29 is 19.2 Å². The second-order valence-corrected chi connectivity index (χ2v) is 6.25. The summed E-state index contributed by atoms with van der Waals surface area (Å²) in [6, 6.07) is 0. The molecule has 3 amide bonds. The maximum absolute atomic E-state index is 12.1. The molecule has 0 bridgehead atoms. The van der Waals surface area contributed by atoms with Crippen molar-refractivity contribution in [2.75, 3.05) is 33.2 Å². The highest BCUT2D eigenvalue weighted by molar-refractivity contribution is 5.90. The van der Waals surface area contributed by atoms with E-state index >= 15 is 0 Å². The summed E-state index contributed by atoms with van der Waals surface area (Å²) in [4.78, 5) is 45.8. The van der Waals surface area contributed by atoms with Crippen LogP contribution in [-0.2, 0) is 19.2 Å². The molecule has 0 unspecified atom stereocenters. The van der Waals surface area contributed by atoms with Crippen molar-refractivity contribution in [2.45, 2.75) is 32.6 Å². The SMILES string of the molecule is CNC[C@H]1CC[C@H](C(=O)NCC(=O)NCC(=O)NCC(C)=O)CC1. The van der Waals surface area contributed by atoms with E-state index in [-0.39, 0.29) is 37.2 Å². The van der Waals surface area contributed by atoms with Crippen molar-refractivity contribution in [1.82, 2.24) is 21.3 Å². The van der Waals surface area contributed by atoms with Gasteiger partial charge in [-0.15, -0.1) is 0 Å². The highest BCUT2D eigenvalue weighted by Gasteiger charge is 2.26. The van der Waals surface area contributed by atoms with Gasteiger partial charge in [-0.2, -0.15) is 0 Å². The number of ketones is 1. The van der Waals surface area contributed by atoms with Crippen LogP contribution in [0.25, 0.3) is 0 Å². The molecule has 0 aromatic heterocycles. The van der Waals surface area contributed by atoms with Gasteiger partial charge in [0.15, 0.2) is 0 Å². The highest BCUT2D eigenvalue weighted by Crippen LogP contribution is 2.28. The summed E-state index contributed by atoms with van der Waals surface area (Å²) in [5.41, 5.74) is 0. The van der Waals surface area contributed by atoms with Crippen molar-refractivity contribution in [3.63, 3.8) is 0 Å². The van der Waals surface area contributed by atoms with Crippen molar-refractivity contribution >= 4 is 23.5 Å². The predicted octanol–water partition coefficient (Wildman–Crippen LogP) is -1.05. The summed E-state index contributed by atoms with van der Waals surface area (Å²) in [5.74, 6) is -0.543. The van der Waals surface area contributed by atoms with Gasteiger partial charge in [0.25, 0.3) is 0 Å². The number of hydrogen-bond acceptors (Lipinski definition) is 5. The molecule has 4 N–H and O–H groups in total. The molecule has 0 aliphatic heterocycles. The molecule has 1 rings (SSSR count). The van der Waals surface area contributed by atoms with Gasteiger partial charge in [-0.25, -0.2) is 0 Å². The maximum Gasteiger partial charge on any atom is 0.239 e. The molecule has 1 aliphatic rings. The molecule has 0 heterocycles. The van der Waals surface area contributed by atoms with E-state index in [1.807, 2.05) is 7.05 Å². The number of carbonyl (C=O) groups is 4. The van der Waals surface area contributed by atoms with Gasteiger partial charge in [-0.1, -0.05) is 0 Å². The second kappa shape index (κ2) is 10.7. The summed E-state index contributed by atoms with van der Waals surface area (Å²) < 4.78 is 0. The van der Waals surface area contributed by atoms with Crippen LogP contribution in [0.4, 0.5) is 0 Å². The molecule has 1 saturated carbocycles. The Balaban J connectivity index is 2.16. The normalized spacial score (nSPS) is 20.1. The van der Waals surface area contributed by atoms with E-state index in [1.165, 1.54) is 6.92 Å². The Morgan fingerprint density at radius 1 is 0.833 bits per heavy atom. The minimum atomic E-state index is -0.437. The van der Waals surface area contributed by atoms with Crippen LogP contribution in [0.15, 0.2) is 0 Å². The monoisotopic (exact) mass is 340 g/mol. The minimum Gasteiger partial charge on any atom is -0.348 e. The zero-order valence-electron chi connectivity index (χ0n) is 14.4. The highest BCUT2D eigenvalue weighted by atomic mass is 16.2. The van der Waals surface area contributed by atoms with E-state index in [0.717, 1.165) is 32.2 Å². The van der Waals surface area contributed by atoms with Gasteiger partial charge in [0.05, 0.1) is 19.6 Å². The Morgan fingerprint density at radius 2 is 1.38 bits per heavy atom. The third-order valence-electron chi connectivity index (χ3n) is 4.11. The molecule has 0 saturated heterocycles. The van der Waals surface area contributed by atoms with Gasteiger partial charge in [-0.05, 0) is 52.1 Å². The number of amides is 3. The molecule has 0 aromatic carbocycles. The number of carbonyl (C=O) groups excluding carboxylic acids is 4. The molecule has 8 heteroatoms. The Morgan fingerprint density at radius 3 is 1.92 bits per heavy atom. The smallest absolute Gasteiger partial charge is 0.239 e. The Hall–Kier alpha value is -1.96. The molecule has 0 aromatic rings. The van der Waals surface area contributed by atoms with E-state index < -0.39 is 11.8 Å². The van der Waals surface area contributed by atoms with Gasteiger partial charge in [-0.3, -0.25) is 19.2 Å². The fraction of sp³-hybridized carbons (Fsp3) is 0.750. The molecular formula is C16H28N4O4. The maximum atomic E-state index is 12.1. The first-order chi connectivity index (χ1) is 11.4. The number of nitrogens with one attached hydrogen (secondary N) is 4. The molecule has 0 radical (unpaired) electrons. The van der Waals surface area contributed by atoms with Crippen molar-refractivity contribution in [2.24, 2.45) is 11.8 Å². The third kappa shape index (κ3) is 8.05.